The van der Waals surface area contributed by atoms with Crippen molar-refractivity contribution in [1.82, 2.24) is 0 Å². The number of hydrogen-bond acceptors (Lipinski definition) is 6. The largest absolute Gasteiger partial charge is 0.435 e. The molecule has 1 aromatic carbocycles. The summed E-state index contributed by atoms with van der Waals surface area (Å²) < 4.78 is 47.0. The van der Waals surface area contributed by atoms with Crippen molar-refractivity contribution in [3.63, 3.8) is 0 Å². The van der Waals surface area contributed by atoms with E-state index in [1.54, 1.807) is 47.6 Å². The molecule has 0 aliphatic heterocycles. The van der Waals surface area contributed by atoms with E-state index in [-0.39, 0.29) is 21.6 Å². The lowest BCUT2D eigenvalue weighted by Crippen LogP contribution is -2.20. The fourth-order valence-electron chi connectivity index (χ4n) is 3.14. The van der Waals surface area contributed by atoms with Crippen molar-refractivity contribution >= 4 is 33.0 Å². The second-order valence-corrected chi connectivity index (χ2v) is 11.6. The minimum absolute atomic E-state index is 0.0908. The number of anilines is 1. The van der Waals surface area contributed by atoms with E-state index in [0.717, 1.165) is 11.3 Å². The van der Waals surface area contributed by atoms with Gasteiger partial charge in [0.15, 0.2) is 9.92 Å². The van der Waals surface area contributed by atoms with Crippen molar-refractivity contribution in [3.05, 3.63) is 39.8 Å². The minimum atomic E-state index is -3.62. The Kier molecular flexibility index (Phi) is 8.23. The van der Waals surface area contributed by atoms with Gasteiger partial charge in [0, 0.05) is 10.9 Å². The van der Waals surface area contributed by atoms with E-state index in [9.17, 15) is 22.9 Å². The number of nitrogens with zero attached hydrogens (tertiary/aromatic N) is 1. The van der Waals surface area contributed by atoms with Gasteiger partial charge in [0.25, 0.3) is 0 Å². The topological polar surface area (TPSA) is 140 Å². The first-order chi connectivity index (χ1) is 15.0. The van der Waals surface area contributed by atoms with E-state index >= 15 is 0 Å². The maximum Gasteiger partial charge on any atom is 0.387 e. The van der Waals surface area contributed by atoms with E-state index in [1.165, 1.54) is 12.1 Å². The van der Waals surface area contributed by atoms with Crippen LogP contribution in [0.1, 0.15) is 68.1 Å². The number of thiophene rings is 1. The van der Waals surface area contributed by atoms with Gasteiger partial charge in [0.2, 0.25) is 0 Å². The fourth-order valence-corrected chi connectivity index (χ4v) is 5.80. The lowest BCUT2D eigenvalue weighted by Gasteiger charge is -2.21. The number of amides is 2. The molecule has 33 heavy (non-hydrogen) atoms. The molecule has 1 heterocycles. The van der Waals surface area contributed by atoms with Crippen LogP contribution < -0.4 is 20.9 Å². The van der Waals surface area contributed by atoms with Gasteiger partial charge >= 0.3 is 12.6 Å². The Morgan fingerprint density at radius 2 is 1.82 bits per heavy atom. The summed E-state index contributed by atoms with van der Waals surface area (Å²) in [4.78, 5) is 13.3. The van der Waals surface area contributed by atoms with Gasteiger partial charge in [-0.15, -0.1) is 15.7 Å². The quantitative estimate of drug-likeness (QED) is 0.422. The zero-order valence-corrected chi connectivity index (χ0v) is 20.9. The lowest BCUT2D eigenvalue weighted by molar-refractivity contribution is -0.0499. The summed E-state index contributed by atoms with van der Waals surface area (Å²) in [5.41, 5.74) is 6.48. The van der Waals surface area contributed by atoms with Crippen LogP contribution in [0.4, 0.5) is 19.3 Å². The number of rotatable bonds is 7. The molecule has 2 rings (SSSR count). The number of carbonyl (C=O) groups excluding carboxylic acids is 1. The molecular formula is C21H30F2N4O4S2. The molecule has 1 aromatic heterocycles. The number of hydrogen-bond donors (Lipinski definition) is 4. The zero-order valence-electron chi connectivity index (χ0n) is 19.3. The number of nitrogens with two attached hydrogens (primary N) is 2. The van der Waals surface area contributed by atoms with E-state index < -0.39 is 34.2 Å². The Morgan fingerprint density at radius 3 is 2.27 bits per heavy atom. The van der Waals surface area contributed by atoms with E-state index in [4.69, 9.17) is 10.9 Å². The monoisotopic (exact) mass is 504 g/mol. The van der Waals surface area contributed by atoms with Crippen LogP contribution in [-0.2, 0) is 15.5 Å². The molecule has 0 saturated carbocycles. The zero-order chi connectivity index (χ0) is 25.3. The molecule has 12 heteroatoms. The average molecular weight is 505 g/mol. The Balaban J connectivity index is 2.52. The van der Waals surface area contributed by atoms with E-state index in [0.29, 0.717) is 21.6 Å². The molecule has 0 aliphatic rings. The summed E-state index contributed by atoms with van der Waals surface area (Å²) in [7, 11) is -3.62. The van der Waals surface area contributed by atoms with E-state index in [1.807, 2.05) is 0 Å². The van der Waals surface area contributed by atoms with Crippen molar-refractivity contribution in [2.24, 2.45) is 15.2 Å². The highest BCUT2D eigenvalue weighted by atomic mass is 32.2. The van der Waals surface area contributed by atoms with Gasteiger partial charge in [-0.2, -0.15) is 8.78 Å². The third-order valence-electron chi connectivity index (χ3n) is 4.70. The molecule has 0 fully saturated rings. The second-order valence-electron chi connectivity index (χ2n) is 8.53. The van der Waals surface area contributed by atoms with Gasteiger partial charge in [-0.05, 0) is 68.5 Å². The number of ether oxygens (including phenoxy) is 1. The van der Waals surface area contributed by atoms with Crippen LogP contribution in [-0.4, -0.2) is 22.0 Å². The van der Waals surface area contributed by atoms with Gasteiger partial charge in [0.1, 0.15) is 9.96 Å². The first-order valence-corrected chi connectivity index (χ1v) is 12.5. The van der Waals surface area contributed by atoms with Crippen molar-refractivity contribution in [3.8, 4) is 5.75 Å². The van der Waals surface area contributed by atoms with Crippen molar-refractivity contribution in [2.75, 3.05) is 5.32 Å². The highest BCUT2D eigenvalue weighted by molar-refractivity contribution is 7.93. The normalized spacial score (nSPS) is 14.8. The summed E-state index contributed by atoms with van der Waals surface area (Å²) in [6, 6.07) is 2.72. The number of aliphatic hydroxyl groups is 1. The molecule has 2 unspecified atom stereocenters. The van der Waals surface area contributed by atoms with Crippen LogP contribution in [0.2, 0.25) is 0 Å². The Labute approximate surface area is 196 Å². The van der Waals surface area contributed by atoms with Crippen molar-refractivity contribution < 1.29 is 27.6 Å². The van der Waals surface area contributed by atoms with Crippen LogP contribution >= 0.6 is 11.3 Å². The maximum absolute atomic E-state index is 13.1. The molecular weight excluding hydrogens is 474 g/mol. The lowest BCUT2D eigenvalue weighted by atomic mass is 9.94. The van der Waals surface area contributed by atoms with Crippen LogP contribution in [0, 0.1) is 6.92 Å². The molecule has 8 nitrogen and oxygen atoms in total. The third-order valence-corrected chi connectivity index (χ3v) is 8.30. The highest BCUT2D eigenvalue weighted by Crippen LogP contribution is 2.37. The van der Waals surface area contributed by atoms with Gasteiger partial charge in [-0.3, -0.25) is 0 Å². The summed E-state index contributed by atoms with van der Waals surface area (Å²) in [6.45, 7) is 7.03. The van der Waals surface area contributed by atoms with Gasteiger partial charge in [0.05, 0.1) is 11.3 Å². The molecule has 0 spiro atoms. The number of aryl methyl sites for hydroxylation is 1. The maximum atomic E-state index is 13.1. The summed E-state index contributed by atoms with van der Waals surface area (Å²) in [5.74, 6) is -0.290. The minimum Gasteiger partial charge on any atom is -0.435 e. The molecule has 0 aliphatic carbocycles. The number of alkyl halides is 2. The number of carbonyl (C=O) groups is 1. The third kappa shape index (κ3) is 6.70. The van der Waals surface area contributed by atoms with Crippen molar-refractivity contribution in [2.45, 2.75) is 69.9 Å². The van der Waals surface area contributed by atoms with Gasteiger partial charge < -0.3 is 20.9 Å². The van der Waals surface area contributed by atoms with Crippen molar-refractivity contribution in [1.29, 1.82) is 0 Å². The predicted octanol–water partition coefficient (Wildman–Crippen LogP) is 4.96. The Hall–Kier alpha value is -2.12. The van der Waals surface area contributed by atoms with Crippen LogP contribution in [0.5, 0.6) is 5.75 Å². The molecule has 2 amide bonds. The SMILES string of the molecule is Cc1cc(C(C)(C)O)sc1S(N)(=O)=NC(=O)Nc1c(C(C)C)cc(OC(F)F)cc1C(C)N. The molecule has 2 atom stereocenters. The predicted molar refractivity (Wildman–Crippen MR) is 126 cm³/mol. The van der Waals surface area contributed by atoms with Gasteiger partial charge in [-0.25, -0.2) is 14.1 Å². The van der Waals surface area contributed by atoms with E-state index in [2.05, 4.69) is 14.4 Å². The summed E-state index contributed by atoms with van der Waals surface area (Å²) >= 11 is 1.01. The molecule has 0 saturated heterocycles. The standard InChI is InChI=1S/C21H30F2N4O4S2/c1-10(2)14-8-13(31-19(22)23)9-15(12(4)24)17(14)26-20(28)27-33(25,30)18-11(3)7-16(32-18)21(5,6)29/h7-10,12,19,29H,24H2,1-6H3,(H3,25,26,27,28,30). The smallest absolute Gasteiger partial charge is 0.387 e. The first kappa shape index (κ1) is 27.1. The number of halogens is 2. The average Bonchev–Trinajstić information content (AvgIpc) is 3.04. The molecule has 184 valence electrons. The summed E-state index contributed by atoms with van der Waals surface area (Å²) in [5, 5.41) is 18.7. The Morgan fingerprint density at radius 1 is 1.24 bits per heavy atom. The molecule has 6 N–H and O–H groups in total. The first-order valence-electron chi connectivity index (χ1n) is 10.1. The summed E-state index contributed by atoms with van der Waals surface area (Å²) in [6.07, 6.45) is 0. The van der Waals surface area contributed by atoms with Crippen LogP contribution in [0.3, 0.4) is 0 Å². The molecule has 2 aromatic rings. The number of benzene rings is 1. The Bertz CT molecular complexity index is 1120. The highest BCUT2D eigenvalue weighted by Gasteiger charge is 2.25. The number of urea groups is 1. The van der Waals surface area contributed by atoms with Gasteiger partial charge in [-0.1, -0.05) is 13.8 Å². The van der Waals surface area contributed by atoms with Crippen LogP contribution in [0.15, 0.2) is 26.8 Å². The fraction of sp³-hybridized carbons (Fsp3) is 0.476. The molecule has 0 bridgehead atoms. The molecule has 0 radical (unpaired) electrons. The second kappa shape index (κ2) is 10.0. The number of nitrogens with one attached hydrogen (secondary N) is 1. The van der Waals surface area contributed by atoms with Crippen LogP contribution in [0.25, 0.3) is 0 Å².